The summed E-state index contributed by atoms with van der Waals surface area (Å²) in [4.78, 5) is 67.1. The summed E-state index contributed by atoms with van der Waals surface area (Å²) in [6.45, 7) is 5.50. The van der Waals surface area contributed by atoms with Crippen molar-refractivity contribution in [3.63, 3.8) is 0 Å². The highest BCUT2D eigenvalue weighted by molar-refractivity contribution is 5.93. The summed E-state index contributed by atoms with van der Waals surface area (Å²) in [6, 6.07) is 21.6. The van der Waals surface area contributed by atoms with Gasteiger partial charge >= 0.3 is 6.09 Å². The predicted molar refractivity (Wildman–Crippen MR) is 178 cm³/mol. The van der Waals surface area contributed by atoms with Crippen LogP contribution in [0.1, 0.15) is 49.4 Å². The molecule has 3 aromatic carbocycles. The molecule has 0 aromatic heterocycles. The monoisotopic (exact) mass is 657 g/mol. The number of aliphatic hydroxyl groups is 1. The van der Waals surface area contributed by atoms with Gasteiger partial charge in [-0.25, -0.2) is 4.79 Å². The summed E-state index contributed by atoms with van der Waals surface area (Å²) >= 11 is 0. The van der Waals surface area contributed by atoms with E-state index in [0.717, 1.165) is 11.1 Å². The van der Waals surface area contributed by atoms with Gasteiger partial charge in [0.15, 0.2) is 6.10 Å². The molecule has 0 saturated heterocycles. The van der Waals surface area contributed by atoms with Gasteiger partial charge in [0.25, 0.3) is 5.91 Å². The largest absolute Gasteiger partial charge is 0.445 e. The third-order valence-electron chi connectivity index (χ3n) is 7.82. The number of carbonyl (C=O) groups is 5. The molecule has 0 saturated carbocycles. The molecular weight excluding hydrogens is 614 g/mol. The van der Waals surface area contributed by atoms with Gasteiger partial charge in [-0.3, -0.25) is 19.2 Å². The summed E-state index contributed by atoms with van der Waals surface area (Å²) in [6.07, 6.45) is -3.07. The van der Waals surface area contributed by atoms with Gasteiger partial charge in [0.05, 0.1) is 12.5 Å². The molecule has 1 heterocycles. The highest BCUT2D eigenvalue weighted by Gasteiger charge is 2.41. The number of rotatable bonds is 12. The predicted octanol–water partition coefficient (Wildman–Crippen LogP) is 2.11. The first-order valence-electron chi connectivity index (χ1n) is 15.8. The first-order chi connectivity index (χ1) is 22.8. The SMILES string of the molecule is CC(C)(C)NC(=O)[C@@H]1Cc2ccccc2CN1C(=O)[C@@H](O)[C@H](Cc1ccccc1)NC(=O)[C@H](CC(N)=O)NC(=O)OCc1ccccc1. The first kappa shape index (κ1) is 35.6. The Kier molecular flexibility index (Phi) is 11.9. The molecule has 0 unspecified atom stereocenters. The lowest BCUT2D eigenvalue weighted by Crippen LogP contribution is -2.61. The van der Waals surface area contributed by atoms with E-state index < -0.39 is 60.0 Å². The Balaban J connectivity index is 1.57. The second-order valence-electron chi connectivity index (χ2n) is 12.9. The molecule has 12 heteroatoms. The lowest BCUT2D eigenvalue weighted by Gasteiger charge is -2.39. The molecule has 0 bridgehead atoms. The van der Waals surface area contributed by atoms with Crippen molar-refractivity contribution in [1.82, 2.24) is 20.9 Å². The standard InChI is InChI=1S/C36H43N5O7/c1-36(2,3)40-33(45)29-19-25-16-10-11-17-26(25)21-41(29)34(46)31(43)27(18-23-12-6-4-7-13-23)38-32(44)28(20-30(37)42)39-35(47)48-22-24-14-8-5-9-15-24/h4-17,27-29,31,43H,18-22H2,1-3H3,(H2,37,42)(H,38,44)(H,39,47)(H,40,45)/t27-,28-,29-,31-/m0/s1. The van der Waals surface area contributed by atoms with E-state index in [1.54, 1.807) is 54.6 Å². The average Bonchev–Trinajstić information content (AvgIpc) is 3.05. The minimum Gasteiger partial charge on any atom is -0.445 e. The molecule has 1 aliphatic rings. The number of alkyl carbamates (subject to hydrolysis) is 1. The van der Waals surface area contributed by atoms with Gasteiger partial charge in [-0.05, 0) is 49.4 Å². The van der Waals surface area contributed by atoms with Crippen LogP contribution in [0.5, 0.6) is 0 Å². The first-order valence-corrected chi connectivity index (χ1v) is 15.8. The summed E-state index contributed by atoms with van der Waals surface area (Å²) < 4.78 is 5.22. The van der Waals surface area contributed by atoms with E-state index in [4.69, 9.17) is 10.5 Å². The summed E-state index contributed by atoms with van der Waals surface area (Å²) in [5, 5.41) is 19.6. The molecular formula is C36H43N5O7. The van der Waals surface area contributed by atoms with Crippen LogP contribution in [0.3, 0.4) is 0 Å². The van der Waals surface area contributed by atoms with Crippen LogP contribution in [0.25, 0.3) is 0 Å². The molecule has 3 aromatic rings. The van der Waals surface area contributed by atoms with E-state index in [-0.39, 0.29) is 31.9 Å². The van der Waals surface area contributed by atoms with E-state index >= 15 is 0 Å². The van der Waals surface area contributed by atoms with Crippen LogP contribution in [0.4, 0.5) is 4.79 Å². The van der Waals surface area contributed by atoms with Crippen molar-refractivity contribution in [2.45, 2.75) is 83.0 Å². The highest BCUT2D eigenvalue weighted by Crippen LogP contribution is 2.25. The minimum atomic E-state index is -1.80. The number of hydrogen-bond donors (Lipinski definition) is 5. The smallest absolute Gasteiger partial charge is 0.408 e. The Morgan fingerprint density at radius 2 is 1.46 bits per heavy atom. The number of primary amides is 1. The van der Waals surface area contributed by atoms with Crippen LogP contribution in [0, 0.1) is 0 Å². The van der Waals surface area contributed by atoms with E-state index in [9.17, 15) is 29.1 Å². The molecule has 4 rings (SSSR count). The molecule has 4 atom stereocenters. The van der Waals surface area contributed by atoms with E-state index in [0.29, 0.717) is 11.1 Å². The lowest BCUT2D eigenvalue weighted by molar-refractivity contribution is -0.151. The van der Waals surface area contributed by atoms with E-state index in [1.807, 2.05) is 51.1 Å². The van der Waals surface area contributed by atoms with Gasteiger partial charge in [-0.2, -0.15) is 0 Å². The number of fused-ring (bicyclic) bond motifs is 1. The fourth-order valence-corrected chi connectivity index (χ4v) is 5.49. The Hall–Kier alpha value is -5.23. The quantitative estimate of drug-likeness (QED) is 0.198. The van der Waals surface area contributed by atoms with Gasteiger partial charge in [0, 0.05) is 18.5 Å². The molecule has 12 nitrogen and oxygen atoms in total. The van der Waals surface area contributed by atoms with Crippen LogP contribution in [0.2, 0.25) is 0 Å². The Morgan fingerprint density at radius 1 is 0.875 bits per heavy atom. The zero-order valence-corrected chi connectivity index (χ0v) is 27.3. The van der Waals surface area contributed by atoms with Crippen molar-refractivity contribution in [2.24, 2.45) is 5.73 Å². The number of carbonyl (C=O) groups excluding carboxylic acids is 5. The number of ether oxygens (including phenoxy) is 1. The van der Waals surface area contributed by atoms with Crippen LogP contribution in [0.15, 0.2) is 84.9 Å². The minimum absolute atomic E-state index is 0.0184. The van der Waals surface area contributed by atoms with Gasteiger partial charge in [0.2, 0.25) is 17.7 Å². The summed E-state index contributed by atoms with van der Waals surface area (Å²) in [7, 11) is 0. The normalized spacial score (nSPS) is 16.0. The van der Waals surface area contributed by atoms with Gasteiger partial charge in [-0.1, -0.05) is 84.9 Å². The van der Waals surface area contributed by atoms with E-state index in [1.165, 1.54) is 4.90 Å². The topological polar surface area (TPSA) is 180 Å². The average molecular weight is 658 g/mol. The molecule has 1 aliphatic heterocycles. The number of nitrogens with two attached hydrogens (primary N) is 1. The molecule has 6 N–H and O–H groups in total. The maximum absolute atomic E-state index is 14.1. The van der Waals surface area contributed by atoms with Crippen molar-refractivity contribution in [3.05, 3.63) is 107 Å². The second kappa shape index (κ2) is 16.1. The zero-order chi connectivity index (χ0) is 34.8. The molecule has 0 fully saturated rings. The lowest BCUT2D eigenvalue weighted by atomic mass is 9.91. The number of nitrogens with zero attached hydrogens (tertiary/aromatic N) is 1. The fraction of sp³-hybridized carbons (Fsp3) is 0.361. The third kappa shape index (κ3) is 10.1. The third-order valence-corrected chi connectivity index (χ3v) is 7.82. The maximum atomic E-state index is 14.1. The summed E-state index contributed by atoms with van der Waals surface area (Å²) in [5.41, 5.74) is 7.98. The van der Waals surface area contributed by atoms with Crippen molar-refractivity contribution in [2.75, 3.05) is 0 Å². The number of benzene rings is 3. The van der Waals surface area contributed by atoms with Gasteiger partial charge < -0.3 is 36.4 Å². The molecule has 48 heavy (non-hydrogen) atoms. The number of amides is 5. The zero-order valence-electron chi connectivity index (χ0n) is 27.3. The van der Waals surface area contributed by atoms with E-state index in [2.05, 4.69) is 16.0 Å². The van der Waals surface area contributed by atoms with Crippen LogP contribution in [-0.4, -0.2) is 69.5 Å². The molecule has 0 radical (unpaired) electrons. The molecule has 0 aliphatic carbocycles. The van der Waals surface area contributed by atoms with Gasteiger partial charge in [0.1, 0.15) is 18.7 Å². The second-order valence-corrected chi connectivity index (χ2v) is 12.9. The number of hydrogen-bond acceptors (Lipinski definition) is 7. The Labute approximate surface area is 280 Å². The van der Waals surface area contributed by atoms with Crippen LogP contribution >= 0.6 is 0 Å². The van der Waals surface area contributed by atoms with Crippen molar-refractivity contribution >= 4 is 29.7 Å². The molecule has 254 valence electrons. The Morgan fingerprint density at radius 3 is 2.06 bits per heavy atom. The van der Waals surface area contributed by atoms with Gasteiger partial charge in [-0.15, -0.1) is 0 Å². The van der Waals surface area contributed by atoms with Crippen molar-refractivity contribution in [1.29, 1.82) is 0 Å². The fourth-order valence-electron chi connectivity index (χ4n) is 5.49. The Bertz CT molecular complexity index is 1590. The van der Waals surface area contributed by atoms with Crippen LogP contribution < -0.4 is 21.7 Å². The molecule has 5 amide bonds. The maximum Gasteiger partial charge on any atom is 0.408 e. The van der Waals surface area contributed by atoms with Crippen molar-refractivity contribution < 1.29 is 33.8 Å². The summed E-state index contributed by atoms with van der Waals surface area (Å²) in [5.74, 6) is -2.86. The van der Waals surface area contributed by atoms with Crippen molar-refractivity contribution in [3.8, 4) is 0 Å². The highest BCUT2D eigenvalue weighted by atomic mass is 16.5. The molecule has 0 spiro atoms. The van der Waals surface area contributed by atoms with Crippen LogP contribution in [-0.2, 0) is 49.9 Å². The number of aliphatic hydroxyl groups excluding tert-OH is 1. The number of nitrogens with one attached hydrogen (secondary N) is 3.